The lowest BCUT2D eigenvalue weighted by molar-refractivity contribution is -0.142. The summed E-state index contributed by atoms with van der Waals surface area (Å²) >= 11 is 0. The summed E-state index contributed by atoms with van der Waals surface area (Å²) in [7, 11) is 2.11. The van der Waals surface area contributed by atoms with Crippen molar-refractivity contribution in [2.45, 2.75) is 25.5 Å². The number of amides is 1. The van der Waals surface area contributed by atoms with Crippen LogP contribution in [0.5, 0.6) is 5.75 Å². The summed E-state index contributed by atoms with van der Waals surface area (Å²) in [6.45, 7) is 7.27. The Hall–Kier alpha value is -1.75. The fraction of sp³-hybridized carbons (Fsp3) is 0.562. The van der Waals surface area contributed by atoms with Gasteiger partial charge in [0, 0.05) is 25.2 Å². The van der Waals surface area contributed by atoms with Crippen molar-refractivity contribution in [2.75, 3.05) is 38.5 Å². The van der Waals surface area contributed by atoms with E-state index in [1.54, 1.807) is 0 Å². The van der Waals surface area contributed by atoms with Gasteiger partial charge in [0.25, 0.3) is 5.91 Å². The van der Waals surface area contributed by atoms with E-state index in [4.69, 9.17) is 4.74 Å². The average Bonchev–Trinajstić information content (AvgIpc) is 2.48. The Balaban J connectivity index is 1.70. The van der Waals surface area contributed by atoms with E-state index >= 15 is 0 Å². The summed E-state index contributed by atoms with van der Waals surface area (Å²) in [5.41, 5.74) is 0.966. The zero-order valence-electron chi connectivity index (χ0n) is 12.9. The van der Waals surface area contributed by atoms with Gasteiger partial charge in [0.2, 0.25) is 0 Å². The van der Waals surface area contributed by atoms with Crippen LogP contribution in [0.2, 0.25) is 0 Å². The summed E-state index contributed by atoms with van der Waals surface area (Å²) in [5, 5.41) is 3.28. The second-order valence-corrected chi connectivity index (χ2v) is 6.48. The standard InChI is InChI=1S/C16H23N3O2/c1-16(2)11-19(9-8-18(16)3)15(20)14-10-17-12-6-4-5-7-13(12)21-14/h4-7,14,17H,8-11H2,1-3H3. The normalized spacial score (nSPS) is 24.7. The van der Waals surface area contributed by atoms with Crippen LogP contribution in [-0.2, 0) is 4.79 Å². The van der Waals surface area contributed by atoms with Crippen molar-refractivity contribution in [1.29, 1.82) is 0 Å². The lowest BCUT2D eigenvalue weighted by Gasteiger charge is -2.46. The van der Waals surface area contributed by atoms with Gasteiger partial charge in [0.05, 0.1) is 12.2 Å². The Morgan fingerprint density at radius 3 is 2.86 bits per heavy atom. The Morgan fingerprint density at radius 2 is 2.10 bits per heavy atom. The fourth-order valence-electron chi connectivity index (χ4n) is 2.88. The maximum absolute atomic E-state index is 12.7. The van der Waals surface area contributed by atoms with Gasteiger partial charge in [-0.05, 0) is 33.0 Å². The number of piperazine rings is 1. The van der Waals surface area contributed by atoms with E-state index in [9.17, 15) is 4.79 Å². The molecule has 3 rings (SSSR count). The molecule has 1 unspecified atom stereocenters. The van der Waals surface area contributed by atoms with Crippen LogP contribution in [0.25, 0.3) is 0 Å². The number of hydrogen-bond donors (Lipinski definition) is 1. The van der Waals surface area contributed by atoms with Crippen LogP contribution < -0.4 is 10.1 Å². The minimum absolute atomic E-state index is 0.00785. The molecule has 0 aromatic heterocycles. The van der Waals surface area contributed by atoms with E-state index in [2.05, 4.69) is 31.1 Å². The van der Waals surface area contributed by atoms with Gasteiger partial charge in [-0.15, -0.1) is 0 Å². The van der Waals surface area contributed by atoms with Crippen molar-refractivity contribution in [3.63, 3.8) is 0 Å². The van der Waals surface area contributed by atoms with Gasteiger partial charge >= 0.3 is 0 Å². The predicted octanol–water partition coefficient (Wildman–Crippen LogP) is 1.41. The monoisotopic (exact) mass is 289 g/mol. The summed E-state index contributed by atoms with van der Waals surface area (Å²) < 4.78 is 5.87. The lowest BCUT2D eigenvalue weighted by Crippen LogP contribution is -2.61. The van der Waals surface area contributed by atoms with Crippen LogP contribution in [0, 0.1) is 0 Å². The third-order valence-corrected chi connectivity index (χ3v) is 4.54. The molecule has 0 saturated carbocycles. The molecule has 1 aromatic carbocycles. The topological polar surface area (TPSA) is 44.8 Å². The molecule has 1 aromatic rings. The quantitative estimate of drug-likeness (QED) is 0.849. The molecule has 5 nitrogen and oxygen atoms in total. The first-order valence-corrected chi connectivity index (χ1v) is 7.47. The van der Waals surface area contributed by atoms with E-state index in [0.29, 0.717) is 6.54 Å². The number of carbonyl (C=O) groups is 1. The minimum atomic E-state index is -0.431. The molecule has 0 bridgehead atoms. The van der Waals surface area contributed by atoms with Gasteiger partial charge in [0.1, 0.15) is 5.75 Å². The highest BCUT2D eigenvalue weighted by Gasteiger charge is 2.37. The maximum Gasteiger partial charge on any atom is 0.265 e. The van der Waals surface area contributed by atoms with Crippen LogP contribution in [0.3, 0.4) is 0 Å². The molecule has 1 fully saturated rings. The van der Waals surface area contributed by atoms with E-state index in [1.165, 1.54) is 0 Å². The first kappa shape index (κ1) is 14.2. The van der Waals surface area contributed by atoms with Crippen molar-refractivity contribution in [2.24, 2.45) is 0 Å². The molecule has 1 saturated heterocycles. The molecule has 1 N–H and O–H groups in total. The molecular formula is C16H23N3O2. The third-order valence-electron chi connectivity index (χ3n) is 4.54. The zero-order valence-corrected chi connectivity index (χ0v) is 12.9. The van der Waals surface area contributed by atoms with Crippen molar-refractivity contribution in [3.05, 3.63) is 24.3 Å². The van der Waals surface area contributed by atoms with E-state index < -0.39 is 6.10 Å². The first-order valence-electron chi connectivity index (χ1n) is 7.47. The van der Waals surface area contributed by atoms with Crippen molar-refractivity contribution in [1.82, 2.24) is 9.80 Å². The number of nitrogens with one attached hydrogen (secondary N) is 1. The number of carbonyl (C=O) groups excluding carboxylic acids is 1. The number of fused-ring (bicyclic) bond motifs is 1. The number of rotatable bonds is 1. The molecule has 2 heterocycles. The Bertz CT molecular complexity index is 544. The van der Waals surface area contributed by atoms with Crippen LogP contribution in [0.15, 0.2) is 24.3 Å². The van der Waals surface area contributed by atoms with Gasteiger partial charge in [-0.2, -0.15) is 0 Å². The highest BCUT2D eigenvalue weighted by Crippen LogP contribution is 2.29. The van der Waals surface area contributed by atoms with Gasteiger partial charge in [0.15, 0.2) is 6.10 Å². The molecule has 114 valence electrons. The molecular weight excluding hydrogens is 266 g/mol. The molecule has 5 heteroatoms. The zero-order chi connectivity index (χ0) is 15.0. The lowest BCUT2D eigenvalue weighted by atomic mass is 9.99. The molecule has 1 amide bonds. The smallest absolute Gasteiger partial charge is 0.265 e. The second kappa shape index (κ2) is 5.22. The molecule has 1 atom stereocenters. The van der Waals surface area contributed by atoms with E-state index in [0.717, 1.165) is 31.1 Å². The maximum atomic E-state index is 12.7. The Kier molecular flexibility index (Phi) is 3.53. The summed E-state index contributed by atoms with van der Waals surface area (Å²) in [6, 6.07) is 7.75. The Labute approximate surface area is 125 Å². The summed E-state index contributed by atoms with van der Waals surface area (Å²) in [6.07, 6.45) is -0.431. The number of benzene rings is 1. The molecule has 0 radical (unpaired) electrons. The summed E-state index contributed by atoms with van der Waals surface area (Å²) in [5.74, 6) is 0.841. The van der Waals surface area contributed by atoms with Crippen LogP contribution in [0.4, 0.5) is 5.69 Å². The van der Waals surface area contributed by atoms with Crippen LogP contribution in [-0.4, -0.2) is 60.6 Å². The predicted molar refractivity (Wildman–Crippen MR) is 82.6 cm³/mol. The molecule has 0 spiro atoms. The van der Waals surface area contributed by atoms with Crippen LogP contribution in [0.1, 0.15) is 13.8 Å². The van der Waals surface area contributed by atoms with Gasteiger partial charge in [-0.1, -0.05) is 12.1 Å². The van der Waals surface area contributed by atoms with Gasteiger partial charge in [-0.25, -0.2) is 0 Å². The Morgan fingerprint density at radius 1 is 1.33 bits per heavy atom. The van der Waals surface area contributed by atoms with Crippen molar-refractivity contribution < 1.29 is 9.53 Å². The summed E-state index contributed by atoms with van der Waals surface area (Å²) in [4.78, 5) is 16.9. The SMILES string of the molecule is CN1CCN(C(=O)C2CNc3ccccc3O2)CC1(C)C. The molecule has 2 aliphatic heterocycles. The number of anilines is 1. The first-order chi connectivity index (χ1) is 9.97. The van der Waals surface area contributed by atoms with Crippen LogP contribution >= 0.6 is 0 Å². The number of para-hydroxylation sites is 2. The average molecular weight is 289 g/mol. The van der Waals surface area contributed by atoms with E-state index in [-0.39, 0.29) is 11.4 Å². The number of nitrogens with zero attached hydrogens (tertiary/aromatic N) is 2. The second-order valence-electron chi connectivity index (χ2n) is 6.48. The van der Waals surface area contributed by atoms with Crippen molar-refractivity contribution >= 4 is 11.6 Å². The number of likely N-dealkylation sites (N-methyl/N-ethyl adjacent to an activating group) is 1. The number of ether oxygens (including phenoxy) is 1. The fourth-order valence-corrected chi connectivity index (χ4v) is 2.88. The van der Waals surface area contributed by atoms with Crippen molar-refractivity contribution in [3.8, 4) is 5.75 Å². The highest BCUT2D eigenvalue weighted by atomic mass is 16.5. The molecule has 21 heavy (non-hydrogen) atoms. The third kappa shape index (κ3) is 2.70. The highest BCUT2D eigenvalue weighted by molar-refractivity contribution is 5.83. The molecule has 0 aliphatic carbocycles. The minimum Gasteiger partial charge on any atom is -0.477 e. The molecule has 2 aliphatic rings. The largest absolute Gasteiger partial charge is 0.477 e. The number of hydrogen-bond acceptors (Lipinski definition) is 4. The van der Waals surface area contributed by atoms with E-state index in [1.807, 2.05) is 29.2 Å². The van der Waals surface area contributed by atoms with Gasteiger partial charge in [-0.3, -0.25) is 9.69 Å². The van der Waals surface area contributed by atoms with Gasteiger partial charge < -0.3 is 15.0 Å².